The van der Waals surface area contributed by atoms with Crippen molar-refractivity contribution in [2.24, 2.45) is 11.7 Å². The molecule has 0 aromatic heterocycles. The maximum Gasteiger partial charge on any atom is 0.221 e. The second-order valence-corrected chi connectivity index (χ2v) is 3.77. The van der Waals surface area contributed by atoms with Crippen LogP contribution in [0.2, 0.25) is 0 Å². The fourth-order valence-corrected chi connectivity index (χ4v) is 1.25. The van der Waals surface area contributed by atoms with Gasteiger partial charge in [-0.2, -0.15) is 0 Å². The Bertz CT molecular complexity index is 363. The third-order valence-corrected chi connectivity index (χ3v) is 2.31. The van der Waals surface area contributed by atoms with Crippen molar-refractivity contribution >= 4 is 11.8 Å². The quantitative estimate of drug-likeness (QED) is 0.771. The molecule has 0 bridgehead atoms. The molecule has 0 saturated carbocycles. The van der Waals surface area contributed by atoms with Crippen LogP contribution in [0, 0.1) is 5.92 Å². The summed E-state index contributed by atoms with van der Waals surface area (Å²) in [7, 11) is 0. The Hall–Kier alpha value is -1.84. The lowest BCUT2D eigenvalue weighted by molar-refractivity contribution is -0.128. The first-order valence-electron chi connectivity index (χ1n) is 5.19. The minimum atomic E-state index is -0.449. The zero-order valence-corrected chi connectivity index (χ0v) is 9.27. The molecule has 0 saturated heterocycles. The highest BCUT2D eigenvalue weighted by Gasteiger charge is 2.13. The number of hydrogen-bond acceptors (Lipinski definition) is 2. The predicted octanol–water partition coefficient (Wildman–Crippen LogP) is 0.814. The normalized spacial score (nSPS) is 11.8. The van der Waals surface area contributed by atoms with E-state index in [9.17, 15) is 9.59 Å². The summed E-state index contributed by atoms with van der Waals surface area (Å²) in [6.07, 6.45) is 0.141. The van der Waals surface area contributed by atoms with Gasteiger partial charge in [0.05, 0.1) is 0 Å². The summed E-state index contributed by atoms with van der Waals surface area (Å²) in [6, 6.07) is 9.59. The third-order valence-electron chi connectivity index (χ3n) is 2.31. The van der Waals surface area contributed by atoms with Crippen LogP contribution in [0.4, 0.5) is 0 Å². The number of carbonyl (C=O) groups excluding carboxylic acids is 2. The highest BCUT2D eigenvalue weighted by Crippen LogP contribution is 2.01. The molecule has 0 heterocycles. The van der Waals surface area contributed by atoms with Crippen molar-refractivity contribution in [3.05, 3.63) is 35.9 Å². The molecule has 1 rings (SSSR count). The van der Waals surface area contributed by atoms with E-state index in [4.69, 9.17) is 5.73 Å². The Kier molecular flexibility index (Phi) is 4.51. The molecule has 16 heavy (non-hydrogen) atoms. The van der Waals surface area contributed by atoms with Crippen molar-refractivity contribution in [2.45, 2.75) is 19.9 Å². The molecule has 0 unspecified atom stereocenters. The van der Waals surface area contributed by atoms with Crippen LogP contribution < -0.4 is 11.1 Å². The summed E-state index contributed by atoms with van der Waals surface area (Å²) in [5.74, 6) is -1.03. The highest BCUT2D eigenvalue weighted by atomic mass is 16.2. The number of hydrogen-bond donors (Lipinski definition) is 2. The first-order chi connectivity index (χ1) is 7.59. The summed E-state index contributed by atoms with van der Waals surface area (Å²) >= 11 is 0. The highest BCUT2D eigenvalue weighted by molar-refractivity contribution is 5.84. The number of amides is 2. The topological polar surface area (TPSA) is 72.2 Å². The second-order valence-electron chi connectivity index (χ2n) is 3.77. The summed E-state index contributed by atoms with van der Waals surface area (Å²) in [5.41, 5.74) is 6.10. The lowest BCUT2D eigenvalue weighted by Gasteiger charge is -2.08. The van der Waals surface area contributed by atoms with E-state index < -0.39 is 11.8 Å². The molecule has 4 heteroatoms. The van der Waals surface area contributed by atoms with Gasteiger partial charge in [0.1, 0.15) is 0 Å². The third kappa shape index (κ3) is 4.13. The number of nitrogens with one attached hydrogen (secondary N) is 1. The predicted molar refractivity (Wildman–Crippen MR) is 61.3 cm³/mol. The van der Waals surface area contributed by atoms with Crippen molar-refractivity contribution in [1.82, 2.24) is 5.32 Å². The molecule has 1 aromatic rings. The molecule has 86 valence electrons. The van der Waals surface area contributed by atoms with Gasteiger partial charge in [-0.05, 0) is 5.56 Å². The average Bonchev–Trinajstić information content (AvgIpc) is 2.27. The smallest absolute Gasteiger partial charge is 0.221 e. The monoisotopic (exact) mass is 220 g/mol. The van der Waals surface area contributed by atoms with Crippen LogP contribution in [-0.4, -0.2) is 11.8 Å². The molecule has 1 aromatic carbocycles. The Balaban J connectivity index is 2.33. The number of rotatable bonds is 5. The molecule has 0 aliphatic rings. The van der Waals surface area contributed by atoms with Gasteiger partial charge in [0.15, 0.2) is 0 Å². The molecule has 0 radical (unpaired) electrons. The first-order valence-corrected chi connectivity index (χ1v) is 5.19. The van der Waals surface area contributed by atoms with Crippen LogP contribution in [0.25, 0.3) is 0 Å². The lowest BCUT2D eigenvalue weighted by Crippen LogP contribution is -2.29. The Morgan fingerprint density at radius 1 is 1.31 bits per heavy atom. The number of carbonyl (C=O) groups is 2. The van der Waals surface area contributed by atoms with E-state index in [1.165, 1.54) is 0 Å². The van der Waals surface area contributed by atoms with Crippen molar-refractivity contribution < 1.29 is 9.59 Å². The van der Waals surface area contributed by atoms with Crippen molar-refractivity contribution in [2.75, 3.05) is 0 Å². The molecule has 1 atom stereocenters. The van der Waals surface area contributed by atoms with E-state index in [0.717, 1.165) is 5.56 Å². The molecule has 0 aliphatic heterocycles. The maximum atomic E-state index is 11.4. The summed E-state index contributed by atoms with van der Waals surface area (Å²) in [4.78, 5) is 22.2. The molecule has 4 nitrogen and oxygen atoms in total. The summed E-state index contributed by atoms with van der Waals surface area (Å²) in [6.45, 7) is 2.12. The van der Waals surface area contributed by atoms with Gasteiger partial charge < -0.3 is 11.1 Å². The minimum absolute atomic E-state index is 0.141. The van der Waals surface area contributed by atoms with Crippen LogP contribution >= 0.6 is 0 Å². The first kappa shape index (κ1) is 12.2. The molecule has 3 N–H and O–H groups in total. The molecule has 0 fully saturated rings. The van der Waals surface area contributed by atoms with E-state index in [0.29, 0.717) is 6.54 Å². The van der Waals surface area contributed by atoms with Gasteiger partial charge in [-0.3, -0.25) is 9.59 Å². The van der Waals surface area contributed by atoms with Gasteiger partial charge >= 0.3 is 0 Å². The Morgan fingerprint density at radius 3 is 2.50 bits per heavy atom. The van der Waals surface area contributed by atoms with Gasteiger partial charge in [0.2, 0.25) is 11.8 Å². The van der Waals surface area contributed by atoms with E-state index >= 15 is 0 Å². The van der Waals surface area contributed by atoms with E-state index in [1.807, 2.05) is 30.3 Å². The van der Waals surface area contributed by atoms with Gasteiger partial charge in [-0.1, -0.05) is 37.3 Å². The molecular weight excluding hydrogens is 204 g/mol. The largest absolute Gasteiger partial charge is 0.369 e. The fourth-order valence-electron chi connectivity index (χ4n) is 1.25. The van der Waals surface area contributed by atoms with Gasteiger partial charge in [0, 0.05) is 18.9 Å². The SMILES string of the molecule is C[C@@H](CC(=O)NCc1ccccc1)C(N)=O. The van der Waals surface area contributed by atoms with Crippen molar-refractivity contribution in [3.8, 4) is 0 Å². The van der Waals surface area contributed by atoms with Crippen LogP contribution in [-0.2, 0) is 16.1 Å². The molecule has 0 spiro atoms. The van der Waals surface area contributed by atoms with Crippen LogP contribution in [0.3, 0.4) is 0 Å². The fraction of sp³-hybridized carbons (Fsp3) is 0.333. The minimum Gasteiger partial charge on any atom is -0.369 e. The Labute approximate surface area is 94.8 Å². The van der Waals surface area contributed by atoms with E-state index in [1.54, 1.807) is 6.92 Å². The average molecular weight is 220 g/mol. The van der Waals surface area contributed by atoms with Crippen molar-refractivity contribution in [3.63, 3.8) is 0 Å². The van der Waals surface area contributed by atoms with Crippen LogP contribution in [0.15, 0.2) is 30.3 Å². The van der Waals surface area contributed by atoms with Gasteiger partial charge in [-0.15, -0.1) is 0 Å². The van der Waals surface area contributed by atoms with Crippen LogP contribution in [0.5, 0.6) is 0 Å². The zero-order valence-electron chi connectivity index (χ0n) is 9.27. The molecular formula is C12H16N2O2. The van der Waals surface area contributed by atoms with E-state index in [2.05, 4.69) is 5.32 Å². The van der Waals surface area contributed by atoms with Crippen LogP contribution in [0.1, 0.15) is 18.9 Å². The Morgan fingerprint density at radius 2 is 1.94 bits per heavy atom. The maximum absolute atomic E-state index is 11.4. The van der Waals surface area contributed by atoms with Gasteiger partial charge in [-0.25, -0.2) is 0 Å². The summed E-state index contributed by atoms with van der Waals surface area (Å²) < 4.78 is 0. The van der Waals surface area contributed by atoms with Crippen molar-refractivity contribution in [1.29, 1.82) is 0 Å². The number of benzene rings is 1. The number of primary amides is 1. The van der Waals surface area contributed by atoms with E-state index in [-0.39, 0.29) is 12.3 Å². The molecule has 0 aliphatic carbocycles. The number of nitrogens with two attached hydrogens (primary N) is 1. The second kappa shape index (κ2) is 5.90. The molecule has 2 amide bonds. The zero-order chi connectivity index (χ0) is 12.0. The standard InChI is InChI=1S/C12H16N2O2/c1-9(12(13)16)7-11(15)14-8-10-5-3-2-4-6-10/h2-6,9H,7-8H2,1H3,(H2,13,16)(H,14,15)/t9-/m0/s1. The lowest BCUT2D eigenvalue weighted by atomic mass is 10.1. The summed E-state index contributed by atoms with van der Waals surface area (Å²) in [5, 5.41) is 2.74. The van der Waals surface area contributed by atoms with Gasteiger partial charge in [0.25, 0.3) is 0 Å².